The van der Waals surface area contributed by atoms with Gasteiger partial charge < -0.3 is 0 Å². The van der Waals surface area contributed by atoms with E-state index in [1.54, 1.807) is 0 Å². The van der Waals surface area contributed by atoms with Gasteiger partial charge in [-0.1, -0.05) is 13.0 Å². The summed E-state index contributed by atoms with van der Waals surface area (Å²) >= 11 is 3.62. The zero-order valence-electron chi connectivity index (χ0n) is 6.05. The molecular formula is C8H9IZn. The van der Waals surface area contributed by atoms with E-state index < -0.39 is 0 Å². The molecule has 0 aliphatic carbocycles. The molecule has 2 heteroatoms. The summed E-state index contributed by atoms with van der Waals surface area (Å²) in [5, 5.41) is 0. The molecule has 0 spiro atoms. The van der Waals surface area contributed by atoms with Crippen molar-refractivity contribution >= 4 is 19.8 Å². The Morgan fingerprint density at radius 2 is 1.70 bits per heavy atom. The third kappa shape index (κ3) is 4.29. The first-order valence-electron chi connectivity index (χ1n) is 3.04. The number of benzene rings is 1. The Morgan fingerprint density at radius 1 is 1.20 bits per heavy atom. The quantitative estimate of drug-likeness (QED) is 0.424. The van der Waals surface area contributed by atoms with Crippen LogP contribution in [-0.2, 0) is 14.8 Å². The van der Waals surface area contributed by atoms with Crippen molar-refractivity contribution in [2.24, 2.45) is 0 Å². The van der Waals surface area contributed by atoms with Gasteiger partial charge in [0.2, 0.25) is 0 Å². The summed E-state index contributed by atoms with van der Waals surface area (Å²) in [6.07, 6.45) is 2.08. The molecule has 0 aliphatic rings. The van der Waals surface area contributed by atoms with E-state index in [1.165, 1.54) is 20.4 Å². The van der Waals surface area contributed by atoms with Gasteiger partial charge in [-0.15, -0.1) is 12.1 Å². The number of rotatable bonds is 1. The van der Waals surface area contributed by atoms with E-state index in [4.69, 9.17) is 0 Å². The molecule has 1 rings (SSSR count). The van der Waals surface area contributed by atoms with Crippen LogP contribution in [0.15, 0.2) is 30.3 Å². The first-order valence-corrected chi connectivity index (χ1v) is 12.1. The summed E-state index contributed by atoms with van der Waals surface area (Å²) < 4.78 is 0. The van der Waals surface area contributed by atoms with Crippen LogP contribution in [0.4, 0.5) is 0 Å². The molecule has 0 unspecified atom stereocenters. The van der Waals surface area contributed by atoms with E-state index >= 15 is 0 Å². The van der Waals surface area contributed by atoms with Crippen molar-refractivity contribution in [2.75, 3.05) is 0 Å². The molecule has 0 amide bonds. The van der Waals surface area contributed by atoms with Crippen molar-refractivity contribution in [1.29, 1.82) is 0 Å². The molecule has 0 atom stereocenters. The fraction of sp³-hybridized carbons (Fsp3) is 0.125. The molecule has 1 aromatic carbocycles. The molecule has 10 heavy (non-hydrogen) atoms. The zero-order chi connectivity index (χ0) is 7.82. The van der Waals surface area contributed by atoms with Crippen LogP contribution in [0.2, 0.25) is 0 Å². The van der Waals surface area contributed by atoms with Crippen LogP contribution in [0.3, 0.4) is 0 Å². The van der Waals surface area contributed by atoms with E-state index in [0.29, 0.717) is 0 Å². The molecule has 1 aromatic rings. The van der Waals surface area contributed by atoms with Gasteiger partial charge in [-0.25, -0.2) is 0 Å². The van der Waals surface area contributed by atoms with Crippen molar-refractivity contribution < 1.29 is 14.8 Å². The summed E-state index contributed by atoms with van der Waals surface area (Å²) in [7, 11) is 0. The Bertz CT molecular complexity index is 151. The second kappa shape index (κ2) is 7.55. The molecular weight excluding hydrogens is 288 g/mol. The van der Waals surface area contributed by atoms with E-state index in [9.17, 15) is 0 Å². The number of hydrogen-bond acceptors (Lipinski definition) is 0. The minimum absolute atomic E-state index is 1.28. The minimum atomic E-state index is 1.28. The Hall–Kier alpha value is 0.443. The molecule has 50 valence electrons. The van der Waals surface area contributed by atoms with E-state index in [1.807, 2.05) is 25.1 Å². The molecule has 0 saturated carbocycles. The number of hydrogen-bond donors (Lipinski definition) is 0. The average molecular weight is 297 g/mol. The topological polar surface area (TPSA) is 0 Å². The summed E-state index contributed by atoms with van der Waals surface area (Å²) in [5.74, 6) is 0. The summed E-state index contributed by atoms with van der Waals surface area (Å²) in [6.45, 7) is 2.04. The maximum absolute atomic E-state index is 2.28. The second-order valence-electron chi connectivity index (χ2n) is 1.70. The average Bonchev–Trinajstić information content (AvgIpc) is 2.10. The van der Waals surface area contributed by atoms with E-state index in [2.05, 4.69) is 38.3 Å². The van der Waals surface area contributed by atoms with Crippen molar-refractivity contribution in [3.8, 4) is 0 Å². The van der Waals surface area contributed by atoms with Crippen LogP contribution >= 0.6 is 19.8 Å². The van der Waals surface area contributed by atoms with Crippen LogP contribution < -0.4 is 0 Å². The van der Waals surface area contributed by atoms with Gasteiger partial charge in [0.1, 0.15) is 0 Å². The number of halogens is 1. The third-order valence-electron chi connectivity index (χ3n) is 1.13. The molecule has 0 bridgehead atoms. The van der Waals surface area contributed by atoms with Crippen LogP contribution in [-0.4, -0.2) is 0 Å². The standard InChI is InChI=1S/C8H9.HI.Zn/c1-2-8-6-4-3-5-7-8;;/h2-7H,1H3;1H;/q-1;;+2/p-1. The van der Waals surface area contributed by atoms with Gasteiger partial charge in [0.05, 0.1) is 0 Å². The fourth-order valence-electron chi connectivity index (χ4n) is 0.645. The Balaban J connectivity index is 0.000000371. The van der Waals surface area contributed by atoms with Crippen LogP contribution in [0.5, 0.6) is 0 Å². The van der Waals surface area contributed by atoms with E-state index in [0.717, 1.165) is 0 Å². The van der Waals surface area contributed by atoms with Crippen molar-refractivity contribution in [3.05, 3.63) is 42.3 Å². The predicted octanol–water partition coefficient (Wildman–Crippen LogP) is 3.14. The zero-order valence-corrected chi connectivity index (χ0v) is 11.2. The summed E-state index contributed by atoms with van der Waals surface area (Å²) in [4.78, 5) is 0. The Labute approximate surface area is 83.3 Å². The maximum atomic E-state index is 2.28. The van der Waals surface area contributed by atoms with Gasteiger partial charge in [-0.3, -0.25) is 0 Å². The molecule has 0 nitrogen and oxygen atoms in total. The first kappa shape index (κ1) is 10.4. The van der Waals surface area contributed by atoms with Crippen LogP contribution in [0.25, 0.3) is 0 Å². The molecule has 0 heterocycles. The van der Waals surface area contributed by atoms with Gasteiger partial charge in [0, 0.05) is 0 Å². The molecule has 0 radical (unpaired) electrons. The van der Waals surface area contributed by atoms with Gasteiger partial charge in [0.25, 0.3) is 0 Å². The Morgan fingerprint density at radius 3 is 2.00 bits per heavy atom. The third-order valence-corrected chi connectivity index (χ3v) is 1.13. The molecule has 0 aromatic heterocycles. The molecule has 0 saturated heterocycles. The second-order valence-corrected chi connectivity index (χ2v) is 1.70. The van der Waals surface area contributed by atoms with Crippen LogP contribution in [0.1, 0.15) is 12.5 Å². The van der Waals surface area contributed by atoms with Gasteiger partial charge in [0.15, 0.2) is 0 Å². The SMILES string of the molecule is C[CH-]c1ccccc1.[Zn+][I]. The van der Waals surface area contributed by atoms with E-state index in [-0.39, 0.29) is 0 Å². The normalized spacial score (nSPS) is 7.60. The molecule has 0 N–H and O–H groups in total. The first-order chi connectivity index (χ1) is 4.93. The van der Waals surface area contributed by atoms with Crippen molar-refractivity contribution in [2.45, 2.75) is 6.92 Å². The van der Waals surface area contributed by atoms with Gasteiger partial charge in [-0.2, -0.15) is 24.1 Å². The monoisotopic (exact) mass is 296 g/mol. The summed E-state index contributed by atoms with van der Waals surface area (Å²) in [5.41, 5.74) is 1.28. The summed E-state index contributed by atoms with van der Waals surface area (Å²) in [6, 6.07) is 10.3. The predicted molar refractivity (Wildman–Crippen MR) is 49.5 cm³/mol. The van der Waals surface area contributed by atoms with Crippen molar-refractivity contribution in [1.82, 2.24) is 0 Å². The molecule has 0 aliphatic heterocycles. The van der Waals surface area contributed by atoms with Gasteiger partial charge in [-0.05, 0) is 0 Å². The Kier molecular flexibility index (Phi) is 7.88. The molecule has 0 fully saturated rings. The van der Waals surface area contributed by atoms with Crippen LogP contribution in [0, 0.1) is 6.42 Å². The van der Waals surface area contributed by atoms with Gasteiger partial charge >= 0.3 is 34.5 Å². The fourth-order valence-corrected chi connectivity index (χ4v) is 0.645. The van der Waals surface area contributed by atoms with Crippen molar-refractivity contribution in [3.63, 3.8) is 0 Å².